The zero-order valence-electron chi connectivity index (χ0n) is 15.4. The fourth-order valence-corrected chi connectivity index (χ4v) is 3.41. The molecule has 2 amide bonds. The van der Waals surface area contributed by atoms with E-state index in [1.807, 2.05) is 55.3 Å². The highest BCUT2D eigenvalue weighted by molar-refractivity contribution is 5.95. The van der Waals surface area contributed by atoms with E-state index in [1.165, 1.54) is 0 Å². The molecule has 2 heterocycles. The zero-order valence-corrected chi connectivity index (χ0v) is 15.4. The lowest BCUT2D eigenvalue weighted by molar-refractivity contribution is -0.131. The maximum absolute atomic E-state index is 12.7. The summed E-state index contributed by atoms with van der Waals surface area (Å²) in [6.45, 7) is 3.80. The molecule has 0 bridgehead atoms. The number of hydrogen-bond acceptors (Lipinski definition) is 3. The maximum atomic E-state index is 12.7. The first-order valence-corrected chi connectivity index (χ1v) is 9.03. The Morgan fingerprint density at radius 3 is 2.69 bits per heavy atom. The number of carbonyl (C=O) groups is 2. The Hall–Kier alpha value is -2.69. The van der Waals surface area contributed by atoms with Crippen molar-refractivity contribution in [1.82, 2.24) is 14.8 Å². The molecule has 0 saturated carbocycles. The van der Waals surface area contributed by atoms with Crippen LogP contribution in [0.2, 0.25) is 0 Å². The molecular formula is C21H25N3O2. The molecule has 0 radical (unpaired) electrons. The Kier molecular flexibility index (Phi) is 5.66. The fourth-order valence-electron chi connectivity index (χ4n) is 3.41. The van der Waals surface area contributed by atoms with Gasteiger partial charge in [-0.05, 0) is 37.0 Å². The molecule has 1 unspecified atom stereocenters. The van der Waals surface area contributed by atoms with Crippen molar-refractivity contribution in [3.8, 4) is 0 Å². The van der Waals surface area contributed by atoms with Crippen molar-refractivity contribution in [3.05, 3.63) is 65.5 Å². The molecule has 0 N–H and O–H groups in total. The van der Waals surface area contributed by atoms with Gasteiger partial charge in [0.15, 0.2) is 0 Å². The molecule has 136 valence electrons. The molecule has 1 fully saturated rings. The molecule has 1 aliphatic heterocycles. The standard InChI is InChI=1S/C21H25N3O2/c1-16-19(9-6-11-22-16)21(26)24-12-10-18(15-24)13-20(25)23(2)14-17-7-4-3-5-8-17/h3-9,11,18H,10,12-15H2,1-2H3. The van der Waals surface area contributed by atoms with Gasteiger partial charge in [0.25, 0.3) is 5.91 Å². The Balaban J connectivity index is 1.53. The van der Waals surface area contributed by atoms with Gasteiger partial charge in [-0.25, -0.2) is 0 Å². The van der Waals surface area contributed by atoms with Crippen molar-refractivity contribution in [2.45, 2.75) is 26.3 Å². The average Bonchev–Trinajstić information content (AvgIpc) is 3.11. The molecule has 1 aromatic carbocycles. The average molecular weight is 351 g/mol. The van der Waals surface area contributed by atoms with E-state index in [1.54, 1.807) is 17.2 Å². The highest BCUT2D eigenvalue weighted by Gasteiger charge is 2.29. The van der Waals surface area contributed by atoms with E-state index in [-0.39, 0.29) is 17.7 Å². The fraction of sp³-hybridized carbons (Fsp3) is 0.381. The van der Waals surface area contributed by atoms with Crippen LogP contribution in [0.1, 0.15) is 34.5 Å². The molecule has 0 aliphatic carbocycles. The molecule has 5 nitrogen and oxygen atoms in total. The van der Waals surface area contributed by atoms with Crippen LogP contribution in [0.5, 0.6) is 0 Å². The van der Waals surface area contributed by atoms with Crippen LogP contribution >= 0.6 is 0 Å². The van der Waals surface area contributed by atoms with Gasteiger partial charge in [-0.15, -0.1) is 0 Å². The minimum Gasteiger partial charge on any atom is -0.341 e. The van der Waals surface area contributed by atoms with Crippen LogP contribution < -0.4 is 0 Å². The Morgan fingerprint density at radius 1 is 1.19 bits per heavy atom. The molecule has 1 saturated heterocycles. The van der Waals surface area contributed by atoms with E-state index in [0.717, 1.165) is 17.7 Å². The Morgan fingerprint density at radius 2 is 1.96 bits per heavy atom. The van der Waals surface area contributed by atoms with Gasteiger partial charge in [-0.3, -0.25) is 14.6 Å². The summed E-state index contributed by atoms with van der Waals surface area (Å²) in [6.07, 6.45) is 3.05. The summed E-state index contributed by atoms with van der Waals surface area (Å²) < 4.78 is 0. The number of pyridine rings is 1. The van der Waals surface area contributed by atoms with Crippen LogP contribution in [0.4, 0.5) is 0 Å². The van der Waals surface area contributed by atoms with E-state index >= 15 is 0 Å². The SMILES string of the molecule is Cc1ncccc1C(=O)N1CCC(CC(=O)N(C)Cc2ccccc2)C1. The summed E-state index contributed by atoms with van der Waals surface area (Å²) in [7, 11) is 1.84. The number of rotatable bonds is 5. The van der Waals surface area contributed by atoms with Crippen molar-refractivity contribution in [2.75, 3.05) is 20.1 Å². The molecule has 26 heavy (non-hydrogen) atoms. The Bertz CT molecular complexity index is 776. The molecule has 3 rings (SSSR count). The largest absolute Gasteiger partial charge is 0.341 e. The number of nitrogens with zero attached hydrogens (tertiary/aromatic N) is 3. The first kappa shape index (κ1) is 18.1. The monoisotopic (exact) mass is 351 g/mol. The summed E-state index contributed by atoms with van der Waals surface area (Å²) in [5, 5.41) is 0. The zero-order chi connectivity index (χ0) is 18.5. The topological polar surface area (TPSA) is 53.5 Å². The smallest absolute Gasteiger partial charge is 0.255 e. The van der Waals surface area contributed by atoms with Crippen LogP contribution in [0.25, 0.3) is 0 Å². The van der Waals surface area contributed by atoms with Crippen molar-refractivity contribution in [3.63, 3.8) is 0 Å². The highest BCUT2D eigenvalue weighted by Crippen LogP contribution is 2.23. The minimum absolute atomic E-state index is 0.0168. The number of hydrogen-bond donors (Lipinski definition) is 0. The maximum Gasteiger partial charge on any atom is 0.255 e. The Labute approximate surface area is 154 Å². The van der Waals surface area contributed by atoms with Gasteiger partial charge in [-0.2, -0.15) is 0 Å². The molecule has 2 aromatic rings. The molecule has 1 aliphatic rings. The highest BCUT2D eigenvalue weighted by atomic mass is 16.2. The van der Waals surface area contributed by atoms with Gasteiger partial charge >= 0.3 is 0 Å². The number of amides is 2. The molecule has 5 heteroatoms. The second-order valence-electron chi connectivity index (χ2n) is 6.98. The number of likely N-dealkylation sites (tertiary alicyclic amines) is 1. The number of carbonyl (C=O) groups excluding carboxylic acids is 2. The minimum atomic E-state index is 0.0168. The third-order valence-electron chi connectivity index (χ3n) is 4.96. The summed E-state index contributed by atoms with van der Waals surface area (Å²) in [4.78, 5) is 33.0. The lowest BCUT2D eigenvalue weighted by Crippen LogP contribution is -2.31. The quantitative estimate of drug-likeness (QED) is 0.832. The van der Waals surface area contributed by atoms with E-state index < -0.39 is 0 Å². The first-order chi connectivity index (χ1) is 12.5. The van der Waals surface area contributed by atoms with Crippen LogP contribution in [-0.2, 0) is 11.3 Å². The summed E-state index contributed by atoms with van der Waals surface area (Å²) in [5.41, 5.74) is 2.53. The van der Waals surface area contributed by atoms with E-state index in [9.17, 15) is 9.59 Å². The first-order valence-electron chi connectivity index (χ1n) is 9.03. The molecule has 1 aromatic heterocycles. The van der Waals surface area contributed by atoms with E-state index in [2.05, 4.69) is 4.98 Å². The van der Waals surface area contributed by atoms with E-state index in [4.69, 9.17) is 0 Å². The third kappa shape index (κ3) is 4.28. The predicted octanol–water partition coefficient (Wildman–Crippen LogP) is 2.90. The lowest BCUT2D eigenvalue weighted by atomic mass is 10.0. The second kappa shape index (κ2) is 8.13. The molecule has 0 spiro atoms. The summed E-state index contributed by atoms with van der Waals surface area (Å²) in [5.74, 6) is 0.371. The van der Waals surface area contributed by atoms with Gasteiger partial charge in [0, 0.05) is 45.0 Å². The van der Waals surface area contributed by atoms with Crippen molar-refractivity contribution in [2.24, 2.45) is 5.92 Å². The number of aryl methyl sites for hydroxylation is 1. The normalized spacial score (nSPS) is 16.5. The van der Waals surface area contributed by atoms with Gasteiger partial charge in [0.1, 0.15) is 0 Å². The predicted molar refractivity (Wildman–Crippen MR) is 101 cm³/mol. The van der Waals surface area contributed by atoms with E-state index in [0.29, 0.717) is 31.6 Å². The molecular weight excluding hydrogens is 326 g/mol. The summed E-state index contributed by atoms with van der Waals surface area (Å²) in [6, 6.07) is 13.6. The summed E-state index contributed by atoms with van der Waals surface area (Å²) >= 11 is 0. The second-order valence-corrected chi connectivity index (χ2v) is 6.98. The lowest BCUT2D eigenvalue weighted by Gasteiger charge is -2.20. The van der Waals surface area contributed by atoms with Crippen LogP contribution in [0.15, 0.2) is 48.7 Å². The van der Waals surface area contributed by atoms with Crippen LogP contribution in [0.3, 0.4) is 0 Å². The number of aromatic nitrogens is 1. The van der Waals surface area contributed by atoms with Crippen LogP contribution in [-0.4, -0.2) is 46.7 Å². The van der Waals surface area contributed by atoms with Gasteiger partial charge < -0.3 is 9.80 Å². The van der Waals surface area contributed by atoms with Gasteiger partial charge in [-0.1, -0.05) is 30.3 Å². The van der Waals surface area contributed by atoms with Gasteiger partial charge in [0.05, 0.1) is 5.56 Å². The number of benzene rings is 1. The van der Waals surface area contributed by atoms with Crippen molar-refractivity contribution < 1.29 is 9.59 Å². The van der Waals surface area contributed by atoms with Gasteiger partial charge in [0.2, 0.25) is 5.91 Å². The van der Waals surface area contributed by atoms with Crippen LogP contribution in [0, 0.1) is 12.8 Å². The van der Waals surface area contributed by atoms with Crippen molar-refractivity contribution >= 4 is 11.8 Å². The van der Waals surface area contributed by atoms with Crippen molar-refractivity contribution in [1.29, 1.82) is 0 Å². The molecule has 1 atom stereocenters. The third-order valence-corrected chi connectivity index (χ3v) is 4.96.